The maximum atomic E-state index is 8.83. The van der Waals surface area contributed by atoms with Gasteiger partial charge in [0.05, 0.1) is 23.5 Å². The summed E-state index contributed by atoms with van der Waals surface area (Å²) in [5.41, 5.74) is 2.64. The van der Waals surface area contributed by atoms with E-state index < -0.39 is 0 Å². The lowest BCUT2D eigenvalue weighted by Gasteiger charge is -2.18. The molecule has 0 N–H and O–H groups in total. The van der Waals surface area contributed by atoms with Crippen molar-refractivity contribution in [3.05, 3.63) is 54.4 Å². The van der Waals surface area contributed by atoms with Crippen molar-refractivity contribution in [2.24, 2.45) is 0 Å². The molecule has 0 amide bonds. The molecule has 1 heterocycles. The molecule has 3 heteroatoms. The van der Waals surface area contributed by atoms with Crippen LogP contribution in [0.25, 0.3) is 0 Å². The highest BCUT2D eigenvalue weighted by molar-refractivity contribution is 5.62. The van der Waals surface area contributed by atoms with Gasteiger partial charge in [0.2, 0.25) is 0 Å². The second-order valence-corrected chi connectivity index (χ2v) is 3.43. The predicted octanol–water partition coefficient (Wildman–Crippen LogP) is 2.72. The molecule has 0 aliphatic heterocycles. The monoisotopic (exact) mass is 209 g/mol. The number of nitriles is 1. The minimum absolute atomic E-state index is 0.660. The molecular formula is C13H11N3. The summed E-state index contributed by atoms with van der Waals surface area (Å²) in [6, 6.07) is 13.5. The summed E-state index contributed by atoms with van der Waals surface area (Å²) in [7, 11) is 1.95. The number of rotatable bonds is 2. The van der Waals surface area contributed by atoms with E-state index in [0.29, 0.717) is 5.56 Å². The van der Waals surface area contributed by atoms with Crippen LogP contribution < -0.4 is 4.90 Å². The predicted molar refractivity (Wildman–Crippen MR) is 63.5 cm³/mol. The minimum atomic E-state index is 0.660. The van der Waals surface area contributed by atoms with Crippen molar-refractivity contribution >= 4 is 11.4 Å². The smallest absolute Gasteiger partial charge is 0.0992 e. The van der Waals surface area contributed by atoms with Crippen LogP contribution in [0.3, 0.4) is 0 Å². The molecule has 0 atom stereocenters. The third-order valence-electron chi connectivity index (χ3n) is 2.40. The molecule has 0 aliphatic carbocycles. The van der Waals surface area contributed by atoms with Gasteiger partial charge in [0.25, 0.3) is 0 Å². The van der Waals surface area contributed by atoms with Gasteiger partial charge in [0, 0.05) is 18.9 Å². The van der Waals surface area contributed by atoms with Gasteiger partial charge in [-0.3, -0.25) is 4.98 Å². The molecular weight excluding hydrogens is 198 g/mol. The van der Waals surface area contributed by atoms with E-state index >= 15 is 0 Å². The van der Waals surface area contributed by atoms with Crippen molar-refractivity contribution in [3.8, 4) is 6.07 Å². The van der Waals surface area contributed by atoms with Crippen LogP contribution >= 0.6 is 0 Å². The first-order valence-corrected chi connectivity index (χ1v) is 4.95. The van der Waals surface area contributed by atoms with Crippen molar-refractivity contribution in [3.63, 3.8) is 0 Å². The summed E-state index contributed by atoms with van der Waals surface area (Å²) in [5, 5.41) is 8.83. The molecule has 2 rings (SSSR count). The van der Waals surface area contributed by atoms with E-state index in [1.54, 1.807) is 18.5 Å². The summed E-state index contributed by atoms with van der Waals surface area (Å²) in [6.45, 7) is 0. The van der Waals surface area contributed by atoms with E-state index in [9.17, 15) is 0 Å². The zero-order chi connectivity index (χ0) is 11.4. The SMILES string of the molecule is CN(c1cccnc1)c1cccc(C#N)c1. The van der Waals surface area contributed by atoms with Crippen molar-refractivity contribution < 1.29 is 0 Å². The molecule has 2 aromatic rings. The fraction of sp³-hybridized carbons (Fsp3) is 0.0769. The number of hydrogen-bond acceptors (Lipinski definition) is 3. The molecule has 3 nitrogen and oxygen atoms in total. The maximum absolute atomic E-state index is 8.83. The normalized spacial score (nSPS) is 9.50. The third kappa shape index (κ3) is 2.01. The number of nitrogens with zero attached hydrogens (tertiary/aromatic N) is 3. The van der Waals surface area contributed by atoms with Gasteiger partial charge in [-0.25, -0.2) is 0 Å². The number of hydrogen-bond donors (Lipinski definition) is 0. The van der Waals surface area contributed by atoms with Gasteiger partial charge >= 0.3 is 0 Å². The molecule has 1 aromatic heterocycles. The number of aromatic nitrogens is 1. The Balaban J connectivity index is 2.35. The fourth-order valence-corrected chi connectivity index (χ4v) is 1.49. The zero-order valence-corrected chi connectivity index (χ0v) is 8.96. The quantitative estimate of drug-likeness (QED) is 0.763. The van der Waals surface area contributed by atoms with Crippen molar-refractivity contribution in [2.45, 2.75) is 0 Å². The number of pyridine rings is 1. The Hall–Kier alpha value is -2.34. The second-order valence-electron chi connectivity index (χ2n) is 3.43. The van der Waals surface area contributed by atoms with Crippen LogP contribution in [0, 0.1) is 11.3 Å². The molecule has 16 heavy (non-hydrogen) atoms. The summed E-state index contributed by atoms with van der Waals surface area (Å²) in [6.07, 6.45) is 3.53. The largest absolute Gasteiger partial charge is 0.343 e. The van der Waals surface area contributed by atoms with E-state index in [1.807, 2.05) is 42.3 Å². The average molecular weight is 209 g/mol. The van der Waals surface area contributed by atoms with E-state index in [4.69, 9.17) is 5.26 Å². The zero-order valence-electron chi connectivity index (χ0n) is 8.96. The van der Waals surface area contributed by atoms with Crippen LogP contribution in [0.15, 0.2) is 48.8 Å². The first-order valence-electron chi connectivity index (χ1n) is 4.95. The molecule has 0 spiro atoms. The first kappa shape index (κ1) is 10.2. The van der Waals surface area contributed by atoms with Crippen molar-refractivity contribution in [1.82, 2.24) is 4.98 Å². The van der Waals surface area contributed by atoms with E-state index in [1.165, 1.54) is 0 Å². The second kappa shape index (κ2) is 4.45. The minimum Gasteiger partial charge on any atom is -0.343 e. The maximum Gasteiger partial charge on any atom is 0.0992 e. The highest BCUT2D eigenvalue weighted by Gasteiger charge is 2.03. The highest BCUT2D eigenvalue weighted by Crippen LogP contribution is 2.22. The van der Waals surface area contributed by atoms with Crippen LogP contribution in [0.5, 0.6) is 0 Å². The lowest BCUT2D eigenvalue weighted by atomic mass is 10.2. The first-order chi connectivity index (χ1) is 7.81. The van der Waals surface area contributed by atoms with Crippen LogP contribution in [0.2, 0.25) is 0 Å². The summed E-state index contributed by atoms with van der Waals surface area (Å²) >= 11 is 0. The average Bonchev–Trinajstić information content (AvgIpc) is 2.39. The van der Waals surface area contributed by atoms with Gasteiger partial charge in [-0.2, -0.15) is 5.26 Å². The Labute approximate surface area is 94.6 Å². The molecule has 0 radical (unpaired) electrons. The molecule has 0 saturated heterocycles. The summed E-state index contributed by atoms with van der Waals surface area (Å²) in [5.74, 6) is 0. The lowest BCUT2D eigenvalue weighted by Crippen LogP contribution is -2.09. The van der Waals surface area contributed by atoms with Gasteiger partial charge < -0.3 is 4.90 Å². The fourth-order valence-electron chi connectivity index (χ4n) is 1.49. The van der Waals surface area contributed by atoms with Crippen LogP contribution in [0.4, 0.5) is 11.4 Å². The Bertz CT molecular complexity index is 514. The molecule has 0 unspecified atom stereocenters. The molecule has 1 aromatic carbocycles. The van der Waals surface area contributed by atoms with Crippen molar-refractivity contribution in [2.75, 3.05) is 11.9 Å². The standard InChI is InChI=1S/C13H11N3/c1-16(13-6-3-7-15-10-13)12-5-2-4-11(8-12)9-14/h2-8,10H,1H3. The topological polar surface area (TPSA) is 39.9 Å². The molecule has 0 aliphatic rings. The van der Waals surface area contributed by atoms with Crippen LogP contribution in [0.1, 0.15) is 5.56 Å². The summed E-state index contributed by atoms with van der Waals surface area (Å²) in [4.78, 5) is 6.06. The van der Waals surface area contributed by atoms with Gasteiger partial charge in [0.15, 0.2) is 0 Å². The van der Waals surface area contributed by atoms with Crippen LogP contribution in [-0.4, -0.2) is 12.0 Å². The Morgan fingerprint density at radius 3 is 2.69 bits per heavy atom. The van der Waals surface area contributed by atoms with Gasteiger partial charge in [-0.05, 0) is 30.3 Å². The highest BCUT2D eigenvalue weighted by atomic mass is 15.1. The van der Waals surface area contributed by atoms with Gasteiger partial charge in [0.1, 0.15) is 0 Å². The molecule has 0 saturated carbocycles. The summed E-state index contributed by atoms with van der Waals surface area (Å²) < 4.78 is 0. The van der Waals surface area contributed by atoms with Crippen molar-refractivity contribution in [1.29, 1.82) is 5.26 Å². The van der Waals surface area contributed by atoms with Crippen LogP contribution in [-0.2, 0) is 0 Å². The van der Waals surface area contributed by atoms with Gasteiger partial charge in [-0.15, -0.1) is 0 Å². The Morgan fingerprint density at radius 2 is 2.00 bits per heavy atom. The number of benzene rings is 1. The molecule has 78 valence electrons. The van der Waals surface area contributed by atoms with E-state index in [-0.39, 0.29) is 0 Å². The number of anilines is 2. The van der Waals surface area contributed by atoms with Gasteiger partial charge in [-0.1, -0.05) is 6.07 Å². The Kier molecular flexibility index (Phi) is 2.84. The molecule has 0 fully saturated rings. The third-order valence-corrected chi connectivity index (χ3v) is 2.40. The van der Waals surface area contributed by atoms with E-state index in [2.05, 4.69) is 11.1 Å². The lowest BCUT2D eigenvalue weighted by molar-refractivity contribution is 1.17. The molecule has 0 bridgehead atoms. The Morgan fingerprint density at radius 1 is 1.19 bits per heavy atom. The van der Waals surface area contributed by atoms with E-state index in [0.717, 1.165) is 11.4 Å².